The molecule has 0 aliphatic rings. The van der Waals surface area contributed by atoms with Gasteiger partial charge in [0.25, 0.3) is 0 Å². The second kappa shape index (κ2) is 12.7. The highest BCUT2D eigenvalue weighted by molar-refractivity contribution is 4.98. The van der Waals surface area contributed by atoms with Gasteiger partial charge < -0.3 is 0 Å². The number of hydrogen-bond acceptors (Lipinski definition) is 1. The molecule has 0 aromatic carbocycles. The summed E-state index contributed by atoms with van der Waals surface area (Å²) in [6, 6.07) is 2.08. The molecule has 0 aromatic heterocycles. The van der Waals surface area contributed by atoms with E-state index in [0.717, 1.165) is 12.8 Å². The molecular formula is C14H21N. The zero-order valence-corrected chi connectivity index (χ0v) is 9.65. The van der Waals surface area contributed by atoms with Crippen molar-refractivity contribution in [1.29, 1.82) is 5.26 Å². The first-order chi connectivity index (χ1) is 7.41. The summed E-state index contributed by atoms with van der Waals surface area (Å²) in [4.78, 5) is 0. The molecule has 0 bridgehead atoms. The fourth-order valence-electron chi connectivity index (χ4n) is 1.12. The quantitative estimate of drug-likeness (QED) is 0.419. The van der Waals surface area contributed by atoms with E-state index in [4.69, 9.17) is 5.26 Å². The highest BCUT2D eigenvalue weighted by Gasteiger charge is 1.77. The van der Waals surface area contributed by atoms with Crippen molar-refractivity contribution in [2.24, 2.45) is 0 Å². The summed E-state index contributed by atoms with van der Waals surface area (Å²) < 4.78 is 0. The van der Waals surface area contributed by atoms with E-state index in [0.29, 0.717) is 6.42 Å². The van der Waals surface area contributed by atoms with Crippen molar-refractivity contribution in [2.75, 3.05) is 0 Å². The van der Waals surface area contributed by atoms with E-state index in [1.54, 1.807) is 0 Å². The highest BCUT2D eigenvalue weighted by Crippen LogP contribution is 1.97. The highest BCUT2D eigenvalue weighted by atomic mass is 14.2. The Hall–Kier alpha value is -1.29. The van der Waals surface area contributed by atoms with Gasteiger partial charge in [-0.3, -0.25) is 0 Å². The number of hydrogen-bond donors (Lipinski definition) is 0. The minimum absolute atomic E-state index is 0.519. The van der Waals surface area contributed by atoms with Crippen molar-refractivity contribution in [3.8, 4) is 6.07 Å². The van der Waals surface area contributed by atoms with Crippen molar-refractivity contribution in [2.45, 2.75) is 45.4 Å². The monoisotopic (exact) mass is 203 g/mol. The van der Waals surface area contributed by atoms with Crippen molar-refractivity contribution in [3.63, 3.8) is 0 Å². The Kier molecular flexibility index (Phi) is 11.6. The number of nitriles is 1. The molecule has 0 unspecified atom stereocenters. The topological polar surface area (TPSA) is 23.8 Å². The van der Waals surface area contributed by atoms with Crippen LogP contribution in [0.1, 0.15) is 45.4 Å². The second-order valence-electron chi connectivity index (χ2n) is 3.39. The molecule has 0 N–H and O–H groups in total. The van der Waals surface area contributed by atoms with Crippen LogP contribution >= 0.6 is 0 Å². The van der Waals surface area contributed by atoms with Crippen LogP contribution in [-0.4, -0.2) is 0 Å². The van der Waals surface area contributed by atoms with Crippen LogP contribution in [0.15, 0.2) is 36.5 Å². The summed E-state index contributed by atoms with van der Waals surface area (Å²) in [6.45, 7) is 2.21. The van der Waals surface area contributed by atoms with Crippen LogP contribution in [0.25, 0.3) is 0 Å². The predicted octanol–water partition coefficient (Wildman–Crippen LogP) is 4.54. The maximum absolute atomic E-state index is 8.28. The molecule has 1 heteroatoms. The van der Waals surface area contributed by atoms with Crippen LogP contribution < -0.4 is 0 Å². The Morgan fingerprint density at radius 1 is 0.933 bits per heavy atom. The van der Waals surface area contributed by atoms with Crippen molar-refractivity contribution < 1.29 is 0 Å². The summed E-state index contributed by atoms with van der Waals surface area (Å²) >= 11 is 0. The molecule has 0 spiro atoms. The van der Waals surface area contributed by atoms with E-state index in [1.807, 2.05) is 12.2 Å². The number of rotatable bonds is 8. The molecule has 0 rings (SSSR count). The summed E-state index contributed by atoms with van der Waals surface area (Å²) in [7, 11) is 0. The maximum Gasteiger partial charge on any atom is 0.0663 e. The lowest BCUT2D eigenvalue weighted by Gasteiger charge is -1.87. The number of unbranched alkanes of at least 4 members (excludes halogenated alkanes) is 2. The first kappa shape index (κ1) is 13.7. The van der Waals surface area contributed by atoms with Crippen LogP contribution in [0.5, 0.6) is 0 Å². The molecule has 0 amide bonds. The molecule has 0 aliphatic carbocycles. The number of allylic oxidation sites excluding steroid dienone is 6. The van der Waals surface area contributed by atoms with Gasteiger partial charge in [-0.15, -0.1) is 0 Å². The van der Waals surface area contributed by atoms with Gasteiger partial charge >= 0.3 is 0 Å². The molecule has 0 heterocycles. The van der Waals surface area contributed by atoms with E-state index in [2.05, 4.69) is 37.3 Å². The fraction of sp³-hybridized carbons (Fsp3) is 0.500. The van der Waals surface area contributed by atoms with Crippen LogP contribution in [0.4, 0.5) is 0 Å². The minimum atomic E-state index is 0.519. The Labute approximate surface area is 93.8 Å². The third-order valence-corrected chi connectivity index (χ3v) is 1.98. The molecule has 1 nitrogen and oxygen atoms in total. The zero-order chi connectivity index (χ0) is 11.2. The first-order valence-electron chi connectivity index (χ1n) is 5.73. The van der Waals surface area contributed by atoms with Gasteiger partial charge in [0, 0.05) is 0 Å². The van der Waals surface area contributed by atoms with Crippen molar-refractivity contribution >= 4 is 0 Å². The van der Waals surface area contributed by atoms with Gasteiger partial charge in [-0.05, 0) is 19.3 Å². The van der Waals surface area contributed by atoms with Crippen LogP contribution in [0.2, 0.25) is 0 Å². The summed E-state index contributed by atoms with van der Waals surface area (Å²) in [5.41, 5.74) is 0. The average molecular weight is 203 g/mol. The third-order valence-electron chi connectivity index (χ3n) is 1.98. The first-order valence-corrected chi connectivity index (χ1v) is 5.73. The lowest BCUT2D eigenvalue weighted by atomic mass is 10.2. The number of nitrogens with zero attached hydrogens (tertiary/aromatic N) is 1. The largest absolute Gasteiger partial charge is 0.198 e. The van der Waals surface area contributed by atoms with Crippen molar-refractivity contribution in [1.82, 2.24) is 0 Å². The van der Waals surface area contributed by atoms with Crippen LogP contribution in [0.3, 0.4) is 0 Å². The van der Waals surface area contributed by atoms with Gasteiger partial charge in [0.15, 0.2) is 0 Å². The van der Waals surface area contributed by atoms with Gasteiger partial charge in [0.1, 0.15) is 0 Å². The Bertz CT molecular complexity index is 241. The average Bonchev–Trinajstić information content (AvgIpc) is 2.26. The van der Waals surface area contributed by atoms with Crippen molar-refractivity contribution in [3.05, 3.63) is 36.5 Å². The Morgan fingerprint density at radius 3 is 2.13 bits per heavy atom. The molecule has 0 aliphatic heterocycles. The van der Waals surface area contributed by atoms with Gasteiger partial charge in [-0.2, -0.15) is 5.26 Å². The Balaban J connectivity index is 3.31. The smallest absolute Gasteiger partial charge is 0.0663 e. The molecule has 0 fully saturated rings. The lowest BCUT2D eigenvalue weighted by molar-refractivity contribution is 0.813. The van der Waals surface area contributed by atoms with Gasteiger partial charge in [0.2, 0.25) is 0 Å². The lowest BCUT2D eigenvalue weighted by Crippen LogP contribution is -1.67. The van der Waals surface area contributed by atoms with Crippen LogP contribution in [0, 0.1) is 11.3 Å². The SMILES string of the molecule is CCCC/C=C/C/C=C/C/C=C/CC#N. The maximum atomic E-state index is 8.28. The normalized spacial score (nSPS) is 11.7. The molecule has 15 heavy (non-hydrogen) atoms. The van der Waals surface area contributed by atoms with Gasteiger partial charge in [0.05, 0.1) is 12.5 Å². The molecular weight excluding hydrogens is 182 g/mol. The molecule has 0 radical (unpaired) electrons. The summed E-state index contributed by atoms with van der Waals surface area (Å²) in [5.74, 6) is 0. The van der Waals surface area contributed by atoms with E-state index in [9.17, 15) is 0 Å². The Morgan fingerprint density at radius 2 is 1.53 bits per heavy atom. The van der Waals surface area contributed by atoms with Gasteiger partial charge in [-0.1, -0.05) is 56.2 Å². The summed E-state index contributed by atoms with van der Waals surface area (Å²) in [5, 5.41) is 8.28. The molecule has 0 saturated carbocycles. The second-order valence-corrected chi connectivity index (χ2v) is 3.39. The summed E-state index contributed by atoms with van der Waals surface area (Å²) in [6.07, 6.45) is 18.9. The predicted molar refractivity (Wildman–Crippen MR) is 66.4 cm³/mol. The molecule has 0 aromatic rings. The van der Waals surface area contributed by atoms with E-state index in [-0.39, 0.29) is 0 Å². The zero-order valence-electron chi connectivity index (χ0n) is 9.65. The fourth-order valence-corrected chi connectivity index (χ4v) is 1.12. The third kappa shape index (κ3) is 12.7. The van der Waals surface area contributed by atoms with Crippen LogP contribution in [-0.2, 0) is 0 Å². The standard InChI is InChI=1S/C14H21N/c1-2-3-4-5-6-7-8-9-10-11-12-13-14-15/h5-6,8-9,11-12H,2-4,7,10,13H2,1H3/b6-5+,9-8+,12-11+. The van der Waals surface area contributed by atoms with E-state index >= 15 is 0 Å². The molecule has 0 saturated heterocycles. The van der Waals surface area contributed by atoms with E-state index < -0.39 is 0 Å². The van der Waals surface area contributed by atoms with Gasteiger partial charge in [-0.25, -0.2) is 0 Å². The minimum Gasteiger partial charge on any atom is -0.198 e. The van der Waals surface area contributed by atoms with E-state index in [1.165, 1.54) is 19.3 Å². The molecule has 0 atom stereocenters. The molecule has 82 valence electrons.